The Labute approximate surface area is 358 Å². The van der Waals surface area contributed by atoms with Gasteiger partial charge in [0.25, 0.3) is 0 Å². The van der Waals surface area contributed by atoms with Gasteiger partial charge in [-0.3, -0.25) is 4.90 Å². The van der Waals surface area contributed by atoms with Crippen molar-refractivity contribution in [1.82, 2.24) is 4.90 Å². The summed E-state index contributed by atoms with van der Waals surface area (Å²) >= 11 is 0. The highest BCUT2D eigenvalue weighted by atomic mass is 16.6. The molecular formula is C40H81NO19. The molecular weight excluding hydrogens is 798 g/mol. The Morgan fingerprint density at radius 2 is 0.583 bits per heavy atom. The van der Waals surface area contributed by atoms with Crippen LogP contribution in [0.1, 0.15) is 0 Å². The normalized spacial score (nSPS) is 12.3. The third-order valence-corrected chi connectivity index (χ3v) is 7.49. The predicted octanol–water partition coefficient (Wildman–Crippen LogP) is -0.914. The van der Waals surface area contributed by atoms with E-state index in [-0.39, 0.29) is 25.9 Å². The van der Waals surface area contributed by atoms with Crippen molar-refractivity contribution in [2.75, 3.05) is 244 Å². The fraction of sp³-hybridized carbons (Fsp3) is 0.950. The Hall–Kier alpha value is -1.06. The van der Waals surface area contributed by atoms with Gasteiger partial charge in [-0.25, -0.2) is 0 Å². The van der Waals surface area contributed by atoms with Gasteiger partial charge in [0, 0.05) is 19.6 Å². The molecule has 20 nitrogen and oxygen atoms in total. The van der Waals surface area contributed by atoms with Crippen LogP contribution in [0.25, 0.3) is 0 Å². The van der Waals surface area contributed by atoms with Crippen LogP contribution in [0.2, 0.25) is 0 Å². The van der Waals surface area contributed by atoms with Gasteiger partial charge in [-0.2, -0.15) is 0 Å². The van der Waals surface area contributed by atoms with E-state index in [9.17, 15) is 0 Å². The van der Waals surface area contributed by atoms with Crippen molar-refractivity contribution >= 4 is 0 Å². The second kappa shape index (κ2) is 54.1. The summed E-state index contributed by atoms with van der Waals surface area (Å²) in [4.78, 5) is 2.22. The fourth-order valence-corrected chi connectivity index (χ4v) is 4.60. The van der Waals surface area contributed by atoms with Crippen molar-refractivity contribution in [2.45, 2.75) is 6.10 Å². The van der Waals surface area contributed by atoms with Crippen molar-refractivity contribution < 1.29 is 91.1 Å². The van der Waals surface area contributed by atoms with E-state index in [4.69, 9.17) is 91.1 Å². The van der Waals surface area contributed by atoms with Gasteiger partial charge in [0.2, 0.25) is 0 Å². The first-order valence-corrected chi connectivity index (χ1v) is 21.2. The summed E-state index contributed by atoms with van der Waals surface area (Å²) < 4.78 is 88.8. The molecule has 1 unspecified atom stereocenters. The van der Waals surface area contributed by atoms with Crippen LogP contribution in [0.5, 0.6) is 0 Å². The highest BCUT2D eigenvalue weighted by molar-refractivity contribution is 4.69. The van der Waals surface area contributed by atoms with Gasteiger partial charge < -0.3 is 91.1 Å². The molecule has 0 saturated carbocycles. The Balaban J connectivity index is 4.44. The van der Waals surface area contributed by atoms with Crippen LogP contribution >= 0.6 is 0 Å². The maximum atomic E-state index is 8.70. The zero-order valence-electron chi connectivity index (χ0n) is 36.3. The number of hydrogen-bond acceptors (Lipinski definition) is 20. The van der Waals surface area contributed by atoms with Crippen molar-refractivity contribution in [3.8, 4) is 0 Å². The maximum absolute atomic E-state index is 8.70. The lowest BCUT2D eigenvalue weighted by atomic mass is 10.3. The van der Waals surface area contributed by atoms with Gasteiger partial charge in [0.05, 0.1) is 231 Å². The highest BCUT2D eigenvalue weighted by Crippen LogP contribution is 2.02. The molecule has 0 saturated heterocycles. The summed E-state index contributed by atoms with van der Waals surface area (Å²) in [7, 11) is 0. The van der Waals surface area contributed by atoms with Gasteiger partial charge in [-0.1, -0.05) is 6.08 Å². The number of nitrogens with zero attached hydrogens (tertiary/aromatic N) is 1. The average molecular weight is 880 g/mol. The Bertz CT molecular complexity index is 761. The number of aliphatic hydroxyl groups excluding tert-OH is 3. The van der Waals surface area contributed by atoms with Crippen LogP contribution in [0.15, 0.2) is 12.7 Å². The van der Waals surface area contributed by atoms with Gasteiger partial charge in [-0.15, -0.1) is 6.58 Å². The first-order chi connectivity index (χ1) is 29.8. The summed E-state index contributed by atoms with van der Waals surface area (Å²) in [5, 5.41) is 26.1. The molecule has 20 heteroatoms. The Morgan fingerprint density at radius 3 is 0.850 bits per heavy atom. The number of aliphatic hydroxyl groups is 3. The molecule has 0 amide bonds. The molecule has 0 fully saturated rings. The lowest BCUT2D eigenvalue weighted by molar-refractivity contribution is -0.0588. The summed E-state index contributed by atoms with van der Waals surface area (Å²) in [5.41, 5.74) is 0. The van der Waals surface area contributed by atoms with Crippen LogP contribution in [0, 0.1) is 0 Å². The van der Waals surface area contributed by atoms with E-state index in [2.05, 4.69) is 11.5 Å². The molecule has 0 aromatic carbocycles. The predicted molar refractivity (Wildman–Crippen MR) is 220 cm³/mol. The molecule has 0 aromatic rings. The molecule has 0 aromatic heterocycles. The number of hydrogen-bond donors (Lipinski definition) is 3. The maximum Gasteiger partial charge on any atom is 0.0936 e. The second-order valence-corrected chi connectivity index (χ2v) is 12.4. The second-order valence-electron chi connectivity index (χ2n) is 12.4. The van der Waals surface area contributed by atoms with Crippen LogP contribution in [0.4, 0.5) is 0 Å². The van der Waals surface area contributed by atoms with Gasteiger partial charge in [0.1, 0.15) is 0 Å². The van der Waals surface area contributed by atoms with Crippen molar-refractivity contribution in [3.63, 3.8) is 0 Å². The van der Waals surface area contributed by atoms with E-state index in [0.29, 0.717) is 224 Å². The van der Waals surface area contributed by atoms with E-state index in [1.807, 2.05) is 0 Å². The fourth-order valence-electron chi connectivity index (χ4n) is 4.60. The zero-order valence-corrected chi connectivity index (χ0v) is 36.3. The van der Waals surface area contributed by atoms with E-state index in [0.717, 1.165) is 0 Å². The molecule has 0 spiro atoms. The van der Waals surface area contributed by atoms with Gasteiger partial charge >= 0.3 is 0 Å². The summed E-state index contributed by atoms with van der Waals surface area (Å²) in [6.07, 6.45) is 1.49. The van der Waals surface area contributed by atoms with E-state index >= 15 is 0 Å². The van der Waals surface area contributed by atoms with E-state index < -0.39 is 0 Å². The molecule has 3 N–H and O–H groups in total. The summed E-state index contributed by atoms with van der Waals surface area (Å²) in [5.74, 6) is 0. The van der Waals surface area contributed by atoms with E-state index in [1.54, 1.807) is 6.08 Å². The third kappa shape index (κ3) is 49.6. The van der Waals surface area contributed by atoms with Crippen LogP contribution in [0.3, 0.4) is 0 Å². The minimum atomic E-state index is -0.218. The third-order valence-electron chi connectivity index (χ3n) is 7.49. The van der Waals surface area contributed by atoms with E-state index in [1.165, 1.54) is 0 Å². The van der Waals surface area contributed by atoms with Crippen molar-refractivity contribution in [2.24, 2.45) is 0 Å². The molecule has 0 bridgehead atoms. The summed E-state index contributed by atoms with van der Waals surface area (Å²) in [6.45, 7) is 19.2. The first kappa shape index (κ1) is 58.9. The molecule has 1 atom stereocenters. The molecule has 60 heavy (non-hydrogen) atoms. The highest BCUT2D eigenvalue weighted by Gasteiger charge is 2.16. The Morgan fingerprint density at radius 1 is 0.333 bits per heavy atom. The minimum Gasteiger partial charge on any atom is -0.394 e. The molecule has 360 valence electrons. The minimum absolute atomic E-state index is 0.00147. The van der Waals surface area contributed by atoms with Crippen LogP contribution in [-0.2, 0) is 75.8 Å². The SMILES string of the molecule is C=CCOCC(CN(CCOCCOCCOCCOCCOCCO)CCOCCOCCOCCOCCOCCO)OCCOCCOCCOCCOCCO. The lowest BCUT2D eigenvalue weighted by Crippen LogP contribution is -2.41. The molecule has 0 radical (unpaired) electrons. The average Bonchev–Trinajstić information content (AvgIpc) is 3.25. The number of rotatable bonds is 55. The molecule has 0 rings (SSSR count). The van der Waals surface area contributed by atoms with Crippen LogP contribution in [-0.4, -0.2) is 271 Å². The number of ether oxygens (including phenoxy) is 16. The molecule has 0 aliphatic heterocycles. The standard InChI is InChI=1S/C40H81NO19/c1-2-8-59-39-40(60-37-36-58-35-34-57-33-28-54-23-18-49-13-7-44)38-41(3-9-45-14-19-50-24-29-55-31-26-52-21-16-47-11-5-42)4-10-46-15-20-51-25-30-56-32-27-53-22-17-48-12-6-43/h2,40,42-44H,1,3-39H2. The zero-order chi connectivity index (χ0) is 43.3. The topological polar surface area (TPSA) is 212 Å². The van der Waals surface area contributed by atoms with Crippen LogP contribution < -0.4 is 0 Å². The lowest BCUT2D eigenvalue weighted by Gasteiger charge is -2.27. The molecule has 0 heterocycles. The van der Waals surface area contributed by atoms with Crippen molar-refractivity contribution in [3.05, 3.63) is 12.7 Å². The summed E-state index contributed by atoms with van der Waals surface area (Å²) in [6, 6.07) is 0. The van der Waals surface area contributed by atoms with Crippen molar-refractivity contribution in [1.29, 1.82) is 0 Å². The molecule has 0 aliphatic carbocycles. The first-order valence-electron chi connectivity index (χ1n) is 21.2. The smallest absolute Gasteiger partial charge is 0.0936 e. The Kier molecular flexibility index (Phi) is 53.1. The molecule has 0 aliphatic rings. The van der Waals surface area contributed by atoms with Gasteiger partial charge in [0.15, 0.2) is 0 Å². The quantitative estimate of drug-likeness (QED) is 0.0499. The van der Waals surface area contributed by atoms with Gasteiger partial charge in [-0.05, 0) is 0 Å². The largest absolute Gasteiger partial charge is 0.394 e. The monoisotopic (exact) mass is 880 g/mol.